The highest BCUT2D eigenvalue weighted by Gasteiger charge is 2.26. The van der Waals surface area contributed by atoms with Gasteiger partial charge >= 0.3 is 0 Å². The Morgan fingerprint density at radius 1 is 1.05 bits per heavy atom. The first-order valence-corrected chi connectivity index (χ1v) is 8.13. The second-order valence-electron chi connectivity index (χ2n) is 5.66. The fraction of sp³-hybridized carbons (Fsp3) is 0.529. The Hall–Kier alpha value is -1.55. The summed E-state index contributed by atoms with van der Waals surface area (Å²) in [5, 5.41) is 6.35. The summed E-state index contributed by atoms with van der Waals surface area (Å²) in [4.78, 5) is 24.7. The van der Waals surface area contributed by atoms with Crippen LogP contribution < -0.4 is 10.6 Å². The first kappa shape index (κ1) is 18.5. The summed E-state index contributed by atoms with van der Waals surface area (Å²) in [6, 6.07) is 6.17. The van der Waals surface area contributed by atoms with Crippen LogP contribution in [0.15, 0.2) is 24.3 Å². The summed E-state index contributed by atoms with van der Waals surface area (Å²) in [5.41, 5.74) is 0.494. The van der Waals surface area contributed by atoms with E-state index >= 15 is 0 Å². The fourth-order valence-corrected chi connectivity index (χ4v) is 2.09. The van der Waals surface area contributed by atoms with E-state index in [0.29, 0.717) is 10.6 Å². The third-order valence-corrected chi connectivity index (χ3v) is 4.14. The molecule has 0 bridgehead atoms. The van der Waals surface area contributed by atoms with Gasteiger partial charge in [0.25, 0.3) is 5.91 Å². The largest absolute Gasteiger partial charge is 0.352 e. The number of rotatable bonds is 7. The van der Waals surface area contributed by atoms with Crippen LogP contribution in [0.1, 0.15) is 50.9 Å². The van der Waals surface area contributed by atoms with E-state index < -0.39 is 6.04 Å². The average Bonchev–Trinajstić information content (AvgIpc) is 2.51. The highest BCUT2D eigenvalue weighted by Crippen LogP contribution is 2.12. The molecule has 1 aromatic rings. The van der Waals surface area contributed by atoms with Gasteiger partial charge in [0, 0.05) is 16.6 Å². The van der Waals surface area contributed by atoms with Gasteiger partial charge in [-0.05, 0) is 43.5 Å². The maximum Gasteiger partial charge on any atom is 0.251 e. The number of halogens is 1. The number of hydrogen-bond acceptors (Lipinski definition) is 2. The van der Waals surface area contributed by atoms with Crippen molar-refractivity contribution < 1.29 is 9.59 Å². The molecule has 0 spiro atoms. The number of carbonyl (C=O) groups excluding carboxylic acids is 2. The predicted molar refractivity (Wildman–Crippen MR) is 90.1 cm³/mol. The monoisotopic (exact) mass is 324 g/mol. The highest BCUT2D eigenvalue weighted by molar-refractivity contribution is 6.30. The summed E-state index contributed by atoms with van der Waals surface area (Å²) in [7, 11) is 0. The van der Waals surface area contributed by atoms with Gasteiger partial charge in [0.2, 0.25) is 5.91 Å². The van der Waals surface area contributed by atoms with Crippen molar-refractivity contribution in [2.45, 2.75) is 52.6 Å². The lowest BCUT2D eigenvalue weighted by Crippen LogP contribution is -2.52. The second-order valence-corrected chi connectivity index (χ2v) is 6.10. The van der Waals surface area contributed by atoms with E-state index in [9.17, 15) is 9.59 Å². The molecule has 3 unspecified atom stereocenters. The molecule has 0 aliphatic heterocycles. The van der Waals surface area contributed by atoms with Crippen LogP contribution in [0.5, 0.6) is 0 Å². The van der Waals surface area contributed by atoms with Gasteiger partial charge in [0.1, 0.15) is 6.04 Å². The first-order chi connectivity index (χ1) is 10.4. The van der Waals surface area contributed by atoms with E-state index in [4.69, 9.17) is 11.6 Å². The van der Waals surface area contributed by atoms with Crippen molar-refractivity contribution in [1.29, 1.82) is 0 Å². The van der Waals surface area contributed by atoms with Crippen molar-refractivity contribution in [3.63, 3.8) is 0 Å². The van der Waals surface area contributed by atoms with Crippen LogP contribution in [-0.4, -0.2) is 23.9 Å². The molecular formula is C17H25ClN2O2. The minimum absolute atomic E-state index is 0.0558. The van der Waals surface area contributed by atoms with E-state index in [2.05, 4.69) is 10.6 Å². The molecule has 0 saturated heterocycles. The van der Waals surface area contributed by atoms with Gasteiger partial charge in [-0.25, -0.2) is 0 Å². The van der Waals surface area contributed by atoms with Crippen LogP contribution in [0.2, 0.25) is 5.02 Å². The standard InChI is InChI=1S/C17H25ClN2O2/c1-5-11(3)15(17(22)19-12(4)6-2)20-16(21)13-7-9-14(18)10-8-13/h7-12,15H,5-6H2,1-4H3,(H,19,22)(H,20,21). The van der Waals surface area contributed by atoms with Crippen LogP contribution in [0.4, 0.5) is 0 Å². The van der Waals surface area contributed by atoms with Crippen molar-refractivity contribution in [1.82, 2.24) is 10.6 Å². The van der Waals surface area contributed by atoms with E-state index in [1.165, 1.54) is 0 Å². The Labute approximate surface area is 137 Å². The lowest BCUT2D eigenvalue weighted by Gasteiger charge is -2.25. The van der Waals surface area contributed by atoms with Gasteiger partial charge in [0.15, 0.2) is 0 Å². The van der Waals surface area contributed by atoms with Gasteiger partial charge < -0.3 is 10.6 Å². The minimum atomic E-state index is -0.540. The van der Waals surface area contributed by atoms with E-state index in [1.54, 1.807) is 24.3 Å². The summed E-state index contributed by atoms with van der Waals surface area (Å²) >= 11 is 5.82. The smallest absolute Gasteiger partial charge is 0.251 e. The van der Waals surface area contributed by atoms with Crippen LogP contribution in [0.3, 0.4) is 0 Å². The zero-order valence-corrected chi connectivity index (χ0v) is 14.4. The van der Waals surface area contributed by atoms with Crippen molar-refractivity contribution >= 4 is 23.4 Å². The molecule has 0 heterocycles. The van der Waals surface area contributed by atoms with E-state index in [0.717, 1.165) is 12.8 Å². The van der Waals surface area contributed by atoms with Crippen LogP contribution in [0, 0.1) is 5.92 Å². The normalized spacial score (nSPS) is 14.8. The molecule has 5 heteroatoms. The summed E-state index contributed by atoms with van der Waals surface area (Å²) in [6.07, 6.45) is 1.66. The topological polar surface area (TPSA) is 58.2 Å². The van der Waals surface area contributed by atoms with Crippen LogP contribution in [-0.2, 0) is 4.79 Å². The molecule has 22 heavy (non-hydrogen) atoms. The van der Waals surface area contributed by atoms with Crippen molar-refractivity contribution in [3.8, 4) is 0 Å². The SMILES string of the molecule is CCC(C)NC(=O)C(NC(=O)c1ccc(Cl)cc1)C(C)CC. The molecule has 4 nitrogen and oxygen atoms in total. The van der Waals surface area contributed by atoms with Crippen molar-refractivity contribution in [3.05, 3.63) is 34.9 Å². The molecule has 1 rings (SSSR count). The third kappa shape index (κ3) is 5.34. The lowest BCUT2D eigenvalue weighted by molar-refractivity contribution is -0.124. The zero-order valence-electron chi connectivity index (χ0n) is 13.7. The molecule has 0 aliphatic carbocycles. The molecular weight excluding hydrogens is 300 g/mol. The maximum absolute atomic E-state index is 12.4. The average molecular weight is 325 g/mol. The molecule has 2 N–H and O–H groups in total. The molecule has 0 saturated carbocycles. The second kappa shape index (κ2) is 8.79. The number of amides is 2. The molecule has 0 fully saturated rings. The Kier molecular flexibility index (Phi) is 7.39. The number of nitrogens with one attached hydrogen (secondary N) is 2. The highest BCUT2D eigenvalue weighted by atomic mass is 35.5. The molecule has 3 atom stereocenters. The quantitative estimate of drug-likeness (QED) is 0.807. The molecule has 1 aromatic carbocycles. The van der Waals surface area contributed by atoms with Gasteiger partial charge in [-0.2, -0.15) is 0 Å². The first-order valence-electron chi connectivity index (χ1n) is 7.75. The van der Waals surface area contributed by atoms with Crippen molar-refractivity contribution in [2.24, 2.45) is 5.92 Å². The summed E-state index contributed by atoms with van der Waals surface area (Å²) < 4.78 is 0. The third-order valence-electron chi connectivity index (χ3n) is 3.89. The van der Waals surface area contributed by atoms with Crippen LogP contribution >= 0.6 is 11.6 Å². The van der Waals surface area contributed by atoms with Gasteiger partial charge in [-0.3, -0.25) is 9.59 Å². The molecule has 0 radical (unpaired) electrons. The number of hydrogen-bond donors (Lipinski definition) is 2. The number of benzene rings is 1. The number of carbonyl (C=O) groups is 2. The molecule has 2 amide bonds. The van der Waals surface area contributed by atoms with Gasteiger partial charge in [-0.1, -0.05) is 38.8 Å². The summed E-state index contributed by atoms with van der Waals surface area (Å²) in [5.74, 6) is -0.340. The Morgan fingerprint density at radius 3 is 2.14 bits per heavy atom. The Bertz CT molecular complexity index is 502. The minimum Gasteiger partial charge on any atom is -0.352 e. The van der Waals surface area contributed by atoms with Crippen LogP contribution in [0.25, 0.3) is 0 Å². The summed E-state index contributed by atoms with van der Waals surface area (Å²) in [6.45, 7) is 7.92. The van der Waals surface area contributed by atoms with Gasteiger partial charge in [0.05, 0.1) is 0 Å². The Morgan fingerprint density at radius 2 is 1.64 bits per heavy atom. The fourth-order valence-electron chi connectivity index (χ4n) is 1.96. The molecule has 0 aromatic heterocycles. The van der Waals surface area contributed by atoms with Crippen molar-refractivity contribution in [2.75, 3.05) is 0 Å². The molecule has 0 aliphatic rings. The zero-order chi connectivity index (χ0) is 16.7. The lowest BCUT2D eigenvalue weighted by atomic mass is 9.97. The predicted octanol–water partition coefficient (Wildman–Crippen LogP) is 3.40. The van der Waals surface area contributed by atoms with E-state index in [-0.39, 0.29) is 23.8 Å². The maximum atomic E-state index is 12.4. The molecule has 122 valence electrons. The van der Waals surface area contributed by atoms with Gasteiger partial charge in [-0.15, -0.1) is 0 Å². The van der Waals surface area contributed by atoms with E-state index in [1.807, 2.05) is 27.7 Å². The Balaban J connectivity index is 2.82.